The minimum absolute atomic E-state index is 0.0352. The number of aliphatic hydroxyl groups is 1. The number of alkyl halides is 3. The Balaban J connectivity index is 1.33. The number of hydrogen-bond acceptors (Lipinski definition) is 9. The molecule has 0 radical (unpaired) electrons. The molecule has 192 valence electrons. The van der Waals surface area contributed by atoms with Crippen LogP contribution in [-0.2, 0) is 11.0 Å². The zero-order chi connectivity index (χ0) is 26.3. The topological polar surface area (TPSA) is 155 Å². The Hall–Kier alpha value is -4.66. The molecule has 12 nitrogen and oxygen atoms in total. The van der Waals surface area contributed by atoms with Crippen molar-refractivity contribution in [1.82, 2.24) is 29.7 Å². The molecule has 0 saturated carbocycles. The van der Waals surface area contributed by atoms with Crippen LogP contribution in [0.4, 0.5) is 13.2 Å². The normalized spacial score (nSPS) is 14.0. The van der Waals surface area contributed by atoms with E-state index in [0.29, 0.717) is 0 Å². The molecule has 0 atom stereocenters. The van der Waals surface area contributed by atoms with Crippen LogP contribution in [0.5, 0.6) is 17.4 Å². The van der Waals surface area contributed by atoms with E-state index in [2.05, 4.69) is 25.0 Å². The fraction of sp³-hybridized carbons (Fsp3) is 0.227. The monoisotopic (exact) mass is 518 g/mol. The molecule has 1 fully saturated rings. The van der Waals surface area contributed by atoms with Crippen LogP contribution < -0.4 is 10.1 Å². The summed E-state index contributed by atoms with van der Waals surface area (Å²) in [5.41, 5.74) is -1.55. The van der Waals surface area contributed by atoms with Crippen molar-refractivity contribution in [3.05, 3.63) is 54.3 Å². The number of fused-ring (bicyclic) bond motifs is 1. The van der Waals surface area contributed by atoms with Crippen molar-refractivity contribution >= 4 is 17.5 Å². The Labute approximate surface area is 204 Å². The summed E-state index contributed by atoms with van der Waals surface area (Å²) in [6.45, 7) is 0.0973. The van der Waals surface area contributed by atoms with Crippen LogP contribution in [0.25, 0.3) is 16.9 Å². The molecular weight excluding hydrogens is 501 g/mol. The number of carbonyl (C=O) groups is 2. The number of rotatable bonds is 6. The van der Waals surface area contributed by atoms with Gasteiger partial charge in [-0.2, -0.15) is 13.2 Å². The molecule has 5 rings (SSSR count). The molecule has 1 saturated heterocycles. The highest BCUT2D eigenvalue weighted by Gasteiger charge is 2.38. The number of carbonyl (C=O) groups excluding carboxylic acids is 2. The van der Waals surface area contributed by atoms with Gasteiger partial charge in [0.2, 0.25) is 11.6 Å². The van der Waals surface area contributed by atoms with E-state index in [0.717, 1.165) is 12.3 Å². The number of nitrogens with zero attached hydrogens (tertiary/aromatic N) is 5. The molecule has 0 unspecified atom stereocenters. The second-order valence-electron chi connectivity index (χ2n) is 8.06. The van der Waals surface area contributed by atoms with Crippen molar-refractivity contribution in [2.24, 2.45) is 0 Å². The van der Waals surface area contributed by atoms with E-state index < -0.39 is 29.6 Å². The van der Waals surface area contributed by atoms with Crippen molar-refractivity contribution in [2.45, 2.75) is 12.3 Å². The summed E-state index contributed by atoms with van der Waals surface area (Å²) >= 11 is 0. The van der Waals surface area contributed by atoms with Crippen molar-refractivity contribution in [1.29, 1.82) is 0 Å². The van der Waals surface area contributed by atoms with Gasteiger partial charge in [0.05, 0.1) is 35.7 Å². The summed E-state index contributed by atoms with van der Waals surface area (Å²) in [6, 6.07) is 3.76. The third kappa shape index (κ3) is 4.63. The highest BCUT2D eigenvalue weighted by molar-refractivity contribution is 5.98. The van der Waals surface area contributed by atoms with Crippen LogP contribution in [-0.4, -0.2) is 72.2 Å². The molecule has 2 amide bonds. The molecule has 0 spiro atoms. The summed E-state index contributed by atoms with van der Waals surface area (Å²) in [4.78, 5) is 33.8. The number of β-amino-alcohol motifs (C(OH)–C–C–N with tert-alkyl or cyclic N) is 1. The van der Waals surface area contributed by atoms with Gasteiger partial charge in [-0.1, -0.05) is 5.16 Å². The predicted molar refractivity (Wildman–Crippen MR) is 117 cm³/mol. The molecule has 15 heteroatoms. The average Bonchev–Trinajstić information content (AvgIpc) is 3.48. The second-order valence-corrected chi connectivity index (χ2v) is 8.06. The minimum atomic E-state index is -4.74. The number of aromatic nitrogens is 4. The number of imidazole rings is 1. The first kappa shape index (κ1) is 24.1. The quantitative estimate of drug-likeness (QED) is 0.347. The number of benzene rings is 1. The fourth-order valence-corrected chi connectivity index (χ4v) is 3.69. The predicted octanol–water partition coefficient (Wildman–Crippen LogP) is 1.83. The summed E-state index contributed by atoms with van der Waals surface area (Å²) in [5.74, 6) is -1.55. The van der Waals surface area contributed by atoms with E-state index in [1.165, 1.54) is 40.0 Å². The van der Waals surface area contributed by atoms with E-state index in [4.69, 9.17) is 4.74 Å². The zero-order valence-corrected chi connectivity index (χ0v) is 18.6. The van der Waals surface area contributed by atoms with Gasteiger partial charge in [0.25, 0.3) is 11.8 Å². The Kier molecular flexibility index (Phi) is 5.91. The lowest BCUT2D eigenvalue weighted by atomic mass is 10.1. The third-order valence-electron chi connectivity index (χ3n) is 5.55. The van der Waals surface area contributed by atoms with Crippen LogP contribution in [0.15, 0.2) is 47.6 Å². The number of amides is 2. The molecule has 3 N–H and O–H groups in total. The number of halogens is 3. The minimum Gasteiger partial charge on any atom is -0.507 e. The lowest BCUT2D eigenvalue weighted by Crippen LogP contribution is -2.55. The number of likely N-dealkylation sites (tertiary alicyclic amines) is 1. The Morgan fingerprint density at radius 2 is 2.03 bits per heavy atom. The molecule has 3 aromatic heterocycles. The van der Waals surface area contributed by atoms with Gasteiger partial charge in [-0.05, 0) is 12.1 Å². The largest absolute Gasteiger partial charge is 0.507 e. The van der Waals surface area contributed by atoms with E-state index in [1.54, 1.807) is 0 Å². The Bertz CT molecular complexity index is 1490. The fourth-order valence-electron chi connectivity index (χ4n) is 3.69. The van der Waals surface area contributed by atoms with Gasteiger partial charge >= 0.3 is 6.18 Å². The first-order valence-electron chi connectivity index (χ1n) is 10.7. The molecule has 4 heterocycles. The standard InChI is InChI=1S/C22H17F3N6O6/c23-22(24,25)18-14(10-36-29-18)15-6-27-19-21(26-3-4-31(15)19)37-12-1-2-13(16(33)5-12)20(35)28-7-17(34)30-8-11(32)9-30/h1-6,10-11,32-33H,7-9H2,(H,28,35). The molecular formula is C22H17F3N6O6. The van der Waals surface area contributed by atoms with Crippen molar-refractivity contribution in [3.8, 4) is 28.6 Å². The molecule has 4 aromatic rings. The van der Waals surface area contributed by atoms with Gasteiger partial charge in [0.15, 0.2) is 5.69 Å². The number of nitrogens with one attached hydrogen (secondary N) is 1. The molecule has 1 aliphatic rings. The molecule has 0 aliphatic carbocycles. The van der Waals surface area contributed by atoms with Crippen LogP contribution in [0, 0.1) is 0 Å². The van der Waals surface area contributed by atoms with Crippen molar-refractivity contribution < 1.29 is 42.2 Å². The maximum absolute atomic E-state index is 13.3. The van der Waals surface area contributed by atoms with Crippen LogP contribution in [0.2, 0.25) is 0 Å². The van der Waals surface area contributed by atoms with E-state index >= 15 is 0 Å². The van der Waals surface area contributed by atoms with Gasteiger partial charge in [-0.3, -0.25) is 14.0 Å². The molecule has 0 bridgehead atoms. The number of ether oxygens (including phenoxy) is 1. The smallest absolute Gasteiger partial charge is 0.437 e. The van der Waals surface area contributed by atoms with Gasteiger partial charge < -0.3 is 29.7 Å². The van der Waals surface area contributed by atoms with Gasteiger partial charge in [0.1, 0.15) is 17.8 Å². The number of phenolic OH excluding ortho intramolecular Hbond substituents is 1. The SMILES string of the molecule is O=C(NCC(=O)N1CC(O)C1)c1ccc(Oc2nccn3c(-c4conc4C(F)(F)F)cnc23)cc1O. The first-order valence-corrected chi connectivity index (χ1v) is 10.7. The number of aliphatic hydroxyl groups excluding tert-OH is 1. The number of hydrogen-bond donors (Lipinski definition) is 3. The van der Waals surface area contributed by atoms with Crippen LogP contribution in [0.1, 0.15) is 16.1 Å². The van der Waals surface area contributed by atoms with E-state index in [-0.39, 0.29) is 59.6 Å². The lowest BCUT2D eigenvalue weighted by molar-refractivity contribution is -0.142. The first-order chi connectivity index (χ1) is 17.6. The maximum atomic E-state index is 13.3. The summed E-state index contributed by atoms with van der Waals surface area (Å²) in [6.07, 6.45) is -0.608. The summed E-state index contributed by atoms with van der Waals surface area (Å²) in [5, 5.41) is 25.0. The van der Waals surface area contributed by atoms with Crippen LogP contribution >= 0.6 is 0 Å². The Morgan fingerprint density at radius 1 is 1.24 bits per heavy atom. The van der Waals surface area contributed by atoms with Crippen LogP contribution in [0.3, 0.4) is 0 Å². The summed E-state index contributed by atoms with van der Waals surface area (Å²) in [7, 11) is 0. The van der Waals surface area contributed by atoms with Crippen molar-refractivity contribution in [3.63, 3.8) is 0 Å². The highest BCUT2D eigenvalue weighted by Crippen LogP contribution is 2.37. The maximum Gasteiger partial charge on any atom is 0.437 e. The molecule has 1 aliphatic heterocycles. The van der Waals surface area contributed by atoms with Crippen molar-refractivity contribution in [2.75, 3.05) is 19.6 Å². The van der Waals surface area contributed by atoms with Gasteiger partial charge in [-0.25, -0.2) is 9.97 Å². The van der Waals surface area contributed by atoms with E-state index in [1.807, 2.05) is 0 Å². The Morgan fingerprint density at radius 3 is 2.73 bits per heavy atom. The average molecular weight is 518 g/mol. The highest BCUT2D eigenvalue weighted by atomic mass is 19.4. The lowest BCUT2D eigenvalue weighted by Gasteiger charge is -2.35. The van der Waals surface area contributed by atoms with Gasteiger partial charge in [0, 0.05) is 31.5 Å². The van der Waals surface area contributed by atoms with E-state index in [9.17, 15) is 33.0 Å². The number of phenols is 1. The zero-order valence-electron chi connectivity index (χ0n) is 18.6. The molecule has 37 heavy (non-hydrogen) atoms. The number of aromatic hydroxyl groups is 1. The third-order valence-corrected chi connectivity index (χ3v) is 5.55. The second kappa shape index (κ2) is 9.09. The molecule has 1 aromatic carbocycles. The van der Waals surface area contributed by atoms with Gasteiger partial charge in [-0.15, -0.1) is 0 Å². The summed E-state index contributed by atoms with van der Waals surface area (Å²) < 4.78 is 51.3.